The number of carboxylic acid groups (broad SMARTS) is 1. The van der Waals surface area contributed by atoms with Gasteiger partial charge in [0.2, 0.25) is 0 Å². The van der Waals surface area contributed by atoms with E-state index in [1.807, 2.05) is 0 Å². The van der Waals surface area contributed by atoms with E-state index in [1.165, 1.54) is 13.1 Å². The van der Waals surface area contributed by atoms with Gasteiger partial charge in [-0.2, -0.15) is 0 Å². The summed E-state index contributed by atoms with van der Waals surface area (Å²) in [6.45, 7) is 0.275. The van der Waals surface area contributed by atoms with Crippen molar-refractivity contribution in [2.24, 2.45) is 0 Å². The Kier molecular flexibility index (Phi) is 4.36. The molecule has 22 heavy (non-hydrogen) atoms. The molecule has 7 heteroatoms. The Bertz CT molecular complexity index is 833. The highest BCUT2D eigenvalue weighted by Crippen LogP contribution is 2.13. The molecule has 0 aliphatic heterocycles. The molecule has 7 nitrogen and oxygen atoms in total. The fourth-order valence-electron chi connectivity index (χ4n) is 2.09. The van der Waals surface area contributed by atoms with Crippen LogP contribution in [0.3, 0.4) is 0 Å². The van der Waals surface area contributed by atoms with E-state index in [1.54, 1.807) is 30.3 Å². The van der Waals surface area contributed by atoms with E-state index >= 15 is 0 Å². The Balaban J connectivity index is 2.73. The summed E-state index contributed by atoms with van der Waals surface area (Å²) < 4.78 is 1.67. The minimum absolute atomic E-state index is 0.169. The van der Waals surface area contributed by atoms with Crippen LogP contribution in [0.5, 0.6) is 0 Å². The molecule has 0 fully saturated rings. The first kappa shape index (κ1) is 15.4. The second kappa shape index (κ2) is 6.21. The molecule has 0 bridgehead atoms. The van der Waals surface area contributed by atoms with Crippen LogP contribution in [0, 0.1) is 0 Å². The molecular formula is C15H14N2O5. The van der Waals surface area contributed by atoms with Gasteiger partial charge in [0.15, 0.2) is 0 Å². The van der Waals surface area contributed by atoms with E-state index in [-0.39, 0.29) is 11.3 Å². The van der Waals surface area contributed by atoms with Crippen LogP contribution < -0.4 is 11.2 Å². The Morgan fingerprint density at radius 3 is 2.27 bits per heavy atom. The Morgan fingerprint density at radius 2 is 1.73 bits per heavy atom. The highest BCUT2D eigenvalue weighted by Gasteiger charge is 2.15. The molecular weight excluding hydrogens is 288 g/mol. The number of carboxylic acids is 1. The highest BCUT2D eigenvalue weighted by molar-refractivity contribution is 5.75. The third-order valence-corrected chi connectivity index (χ3v) is 3.01. The van der Waals surface area contributed by atoms with Crippen molar-refractivity contribution >= 4 is 11.8 Å². The summed E-state index contributed by atoms with van der Waals surface area (Å²) in [4.78, 5) is 46.7. The molecule has 0 spiro atoms. The third-order valence-electron chi connectivity index (χ3n) is 3.01. The maximum atomic E-state index is 12.4. The molecule has 0 radical (unpaired) electrons. The van der Waals surface area contributed by atoms with Crippen LogP contribution in [-0.4, -0.2) is 26.0 Å². The smallest absolute Gasteiger partial charge is 0.331 e. The van der Waals surface area contributed by atoms with Gasteiger partial charge >= 0.3 is 11.7 Å². The summed E-state index contributed by atoms with van der Waals surface area (Å²) in [5.41, 5.74) is -0.720. The van der Waals surface area contributed by atoms with Crippen molar-refractivity contribution < 1.29 is 14.7 Å². The monoisotopic (exact) mass is 302 g/mol. The topological polar surface area (TPSA) is 98.4 Å². The molecule has 1 heterocycles. The van der Waals surface area contributed by atoms with Gasteiger partial charge in [0.25, 0.3) is 5.56 Å². The molecule has 1 N–H and O–H groups in total. The molecule has 0 saturated heterocycles. The lowest BCUT2D eigenvalue weighted by Gasteiger charge is -2.11. The summed E-state index contributed by atoms with van der Waals surface area (Å²) in [6, 6.07) is 8.55. The minimum Gasteiger partial charge on any atom is -0.480 e. The molecule has 2 aromatic rings. The van der Waals surface area contributed by atoms with Crippen molar-refractivity contribution in [3.63, 3.8) is 0 Å². The van der Waals surface area contributed by atoms with Crippen molar-refractivity contribution in [2.45, 2.75) is 20.0 Å². The largest absolute Gasteiger partial charge is 0.480 e. The molecule has 114 valence electrons. The number of carbonyl (C=O) groups excluding carboxylic acids is 1. The number of aromatic nitrogens is 2. The summed E-state index contributed by atoms with van der Waals surface area (Å²) in [6.07, 6.45) is 1.21. The average molecular weight is 302 g/mol. The number of nitrogens with zero attached hydrogens (tertiary/aromatic N) is 2. The van der Waals surface area contributed by atoms with Gasteiger partial charge in [-0.15, -0.1) is 0 Å². The van der Waals surface area contributed by atoms with E-state index in [0.29, 0.717) is 5.56 Å². The van der Waals surface area contributed by atoms with Gasteiger partial charge < -0.3 is 5.11 Å². The van der Waals surface area contributed by atoms with E-state index < -0.39 is 30.3 Å². The van der Waals surface area contributed by atoms with Crippen LogP contribution in [0.2, 0.25) is 0 Å². The van der Waals surface area contributed by atoms with Crippen LogP contribution in [0.1, 0.15) is 6.92 Å². The summed E-state index contributed by atoms with van der Waals surface area (Å²) in [5.74, 6) is -1.58. The maximum absolute atomic E-state index is 12.4. The van der Waals surface area contributed by atoms with Gasteiger partial charge in [0, 0.05) is 6.20 Å². The number of Topliss-reactive ketones (excluding diaryl/α,β-unsaturated/α-hetero) is 1. The van der Waals surface area contributed by atoms with E-state index in [0.717, 1.165) is 9.13 Å². The van der Waals surface area contributed by atoms with Gasteiger partial charge in [-0.25, -0.2) is 4.79 Å². The normalized spacial score (nSPS) is 10.4. The van der Waals surface area contributed by atoms with Gasteiger partial charge in [-0.1, -0.05) is 30.3 Å². The number of hydrogen-bond acceptors (Lipinski definition) is 4. The summed E-state index contributed by atoms with van der Waals surface area (Å²) >= 11 is 0. The first-order valence-electron chi connectivity index (χ1n) is 6.51. The van der Waals surface area contributed by atoms with Gasteiger partial charge in [0.05, 0.1) is 12.1 Å². The lowest BCUT2D eigenvalue weighted by molar-refractivity contribution is -0.137. The zero-order chi connectivity index (χ0) is 16.3. The zero-order valence-corrected chi connectivity index (χ0v) is 11.9. The van der Waals surface area contributed by atoms with E-state index in [9.17, 15) is 19.2 Å². The zero-order valence-electron chi connectivity index (χ0n) is 11.9. The highest BCUT2D eigenvalue weighted by atomic mass is 16.4. The number of rotatable bonds is 5. The van der Waals surface area contributed by atoms with Crippen LogP contribution >= 0.6 is 0 Å². The lowest BCUT2D eigenvalue weighted by atomic mass is 10.1. The molecule has 1 aromatic heterocycles. The number of benzene rings is 1. The van der Waals surface area contributed by atoms with Crippen molar-refractivity contribution in [1.29, 1.82) is 0 Å². The number of ketones is 1. The van der Waals surface area contributed by atoms with Crippen LogP contribution in [-0.2, 0) is 22.7 Å². The van der Waals surface area contributed by atoms with Crippen molar-refractivity contribution in [2.75, 3.05) is 0 Å². The first-order chi connectivity index (χ1) is 10.4. The Morgan fingerprint density at radius 1 is 1.09 bits per heavy atom. The third kappa shape index (κ3) is 3.20. The maximum Gasteiger partial charge on any atom is 0.331 e. The fraction of sp³-hybridized carbons (Fsp3) is 0.200. The van der Waals surface area contributed by atoms with Crippen molar-refractivity contribution in [3.8, 4) is 11.1 Å². The summed E-state index contributed by atoms with van der Waals surface area (Å²) in [7, 11) is 0. The predicted octanol–water partition coefficient (Wildman–Crippen LogP) is 0.351. The van der Waals surface area contributed by atoms with Crippen molar-refractivity contribution in [3.05, 3.63) is 57.4 Å². The molecule has 0 atom stereocenters. The first-order valence-corrected chi connectivity index (χ1v) is 6.51. The molecule has 0 saturated carbocycles. The summed E-state index contributed by atoms with van der Waals surface area (Å²) in [5, 5.41) is 8.88. The molecule has 1 aromatic carbocycles. The Labute approximate surface area is 125 Å². The second-order valence-corrected chi connectivity index (χ2v) is 4.81. The molecule has 0 aliphatic rings. The molecule has 0 amide bonds. The average Bonchev–Trinajstić information content (AvgIpc) is 2.46. The van der Waals surface area contributed by atoms with Gasteiger partial charge in [-0.05, 0) is 12.5 Å². The number of aliphatic carboxylic acids is 1. The Hall–Kier alpha value is -2.96. The molecule has 0 unspecified atom stereocenters. The molecule has 0 aliphatic carbocycles. The van der Waals surface area contributed by atoms with Crippen molar-refractivity contribution in [1.82, 2.24) is 9.13 Å². The van der Waals surface area contributed by atoms with Gasteiger partial charge in [0.1, 0.15) is 12.3 Å². The SMILES string of the molecule is CC(=O)Cn1c(=O)c(-c2ccccc2)cn(CC(=O)O)c1=O. The predicted molar refractivity (Wildman–Crippen MR) is 78.7 cm³/mol. The lowest BCUT2D eigenvalue weighted by Crippen LogP contribution is -2.42. The van der Waals surface area contributed by atoms with E-state index in [4.69, 9.17) is 5.11 Å². The number of hydrogen-bond donors (Lipinski definition) is 1. The molecule has 2 rings (SSSR count). The number of carbonyl (C=O) groups is 2. The van der Waals surface area contributed by atoms with Crippen LogP contribution in [0.25, 0.3) is 11.1 Å². The van der Waals surface area contributed by atoms with Gasteiger partial charge in [-0.3, -0.25) is 23.5 Å². The minimum atomic E-state index is -1.21. The fourth-order valence-corrected chi connectivity index (χ4v) is 2.09. The second-order valence-electron chi connectivity index (χ2n) is 4.81. The quantitative estimate of drug-likeness (QED) is 0.859. The van der Waals surface area contributed by atoms with Crippen LogP contribution in [0.4, 0.5) is 0 Å². The van der Waals surface area contributed by atoms with Crippen LogP contribution in [0.15, 0.2) is 46.1 Å². The van der Waals surface area contributed by atoms with E-state index in [2.05, 4.69) is 0 Å². The standard InChI is InChI=1S/C15H14N2O5/c1-10(18)7-17-14(21)12(11-5-3-2-4-6-11)8-16(15(17)22)9-13(19)20/h2-6,8H,7,9H2,1H3,(H,19,20).